The fourth-order valence-electron chi connectivity index (χ4n) is 2.70. The van der Waals surface area contributed by atoms with Crippen molar-refractivity contribution >= 4 is 9.84 Å². The van der Waals surface area contributed by atoms with E-state index in [1.54, 1.807) is 0 Å². The standard InChI is InChI=1S/C12H23NO3S/c1-9(2)12-7-10(3-5-16-12)13-11-4-6-17(14,15)8-11/h9-13H,3-8H2,1-2H3. The molecule has 2 rings (SSSR count). The first-order valence-electron chi connectivity index (χ1n) is 6.54. The van der Waals surface area contributed by atoms with Gasteiger partial charge < -0.3 is 10.1 Å². The summed E-state index contributed by atoms with van der Waals surface area (Å²) in [6.45, 7) is 5.14. The summed E-state index contributed by atoms with van der Waals surface area (Å²) in [7, 11) is -2.77. The van der Waals surface area contributed by atoms with Crippen molar-refractivity contribution in [2.75, 3.05) is 18.1 Å². The molecule has 100 valence electrons. The second-order valence-corrected chi connectivity index (χ2v) is 7.87. The molecule has 0 aliphatic carbocycles. The third kappa shape index (κ3) is 3.66. The fraction of sp³-hybridized carbons (Fsp3) is 1.00. The molecule has 2 aliphatic heterocycles. The van der Waals surface area contributed by atoms with Crippen LogP contribution in [0.25, 0.3) is 0 Å². The molecule has 0 bridgehead atoms. The highest BCUT2D eigenvalue weighted by atomic mass is 32.2. The zero-order valence-corrected chi connectivity index (χ0v) is 11.5. The second kappa shape index (κ2) is 5.24. The summed E-state index contributed by atoms with van der Waals surface area (Å²) < 4.78 is 28.5. The molecule has 0 amide bonds. The van der Waals surface area contributed by atoms with Crippen molar-refractivity contribution < 1.29 is 13.2 Å². The summed E-state index contributed by atoms with van der Waals surface area (Å²) >= 11 is 0. The Kier molecular flexibility index (Phi) is 4.10. The first kappa shape index (κ1) is 13.3. The zero-order chi connectivity index (χ0) is 12.5. The highest BCUT2D eigenvalue weighted by molar-refractivity contribution is 7.91. The van der Waals surface area contributed by atoms with Gasteiger partial charge in [-0.15, -0.1) is 0 Å². The summed E-state index contributed by atoms with van der Waals surface area (Å²) in [6.07, 6.45) is 3.10. The Bertz CT molecular complexity index is 353. The maximum absolute atomic E-state index is 11.4. The molecular formula is C12H23NO3S. The Hall–Kier alpha value is -0.130. The lowest BCUT2D eigenvalue weighted by atomic mass is 9.95. The highest BCUT2D eigenvalue weighted by Gasteiger charge is 2.31. The largest absolute Gasteiger partial charge is 0.378 e. The molecule has 2 fully saturated rings. The van der Waals surface area contributed by atoms with Crippen LogP contribution < -0.4 is 5.32 Å². The summed E-state index contributed by atoms with van der Waals surface area (Å²) in [5.41, 5.74) is 0. The van der Waals surface area contributed by atoms with E-state index in [4.69, 9.17) is 4.74 Å². The Morgan fingerprint density at radius 3 is 2.59 bits per heavy atom. The van der Waals surface area contributed by atoms with Crippen LogP contribution >= 0.6 is 0 Å². The number of rotatable bonds is 3. The van der Waals surface area contributed by atoms with Crippen LogP contribution in [0.4, 0.5) is 0 Å². The van der Waals surface area contributed by atoms with E-state index in [-0.39, 0.29) is 6.04 Å². The molecule has 1 N–H and O–H groups in total. The Morgan fingerprint density at radius 2 is 2.00 bits per heavy atom. The Labute approximate surface area is 104 Å². The number of nitrogens with one attached hydrogen (secondary N) is 1. The van der Waals surface area contributed by atoms with E-state index in [9.17, 15) is 8.42 Å². The minimum Gasteiger partial charge on any atom is -0.378 e. The molecule has 0 saturated carbocycles. The number of ether oxygens (including phenoxy) is 1. The lowest BCUT2D eigenvalue weighted by Crippen LogP contribution is -2.45. The molecule has 0 spiro atoms. The Morgan fingerprint density at radius 1 is 1.24 bits per heavy atom. The van der Waals surface area contributed by atoms with Crippen LogP contribution in [0.5, 0.6) is 0 Å². The van der Waals surface area contributed by atoms with Gasteiger partial charge in [0.15, 0.2) is 9.84 Å². The van der Waals surface area contributed by atoms with Crippen molar-refractivity contribution in [1.82, 2.24) is 5.32 Å². The van der Waals surface area contributed by atoms with E-state index in [1.807, 2.05) is 0 Å². The topological polar surface area (TPSA) is 55.4 Å². The van der Waals surface area contributed by atoms with Crippen molar-refractivity contribution in [2.45, 2.75) is 51.3 Å². The molecular weight excluding hydrogens is 238 g/mol. The van der Waals surface area contributed by atoms with Gasteiger partial charge in [-0.1, -0.05) is 13.8 Å². The van der Waals surface area contributed by atoms with Crippen LogP contribution in [0, 0.1) is 5.92 Å². The molecule has 0 aromatic carbocycles. The van der Waals surface area contributed by atoms with Gasteiger partial charge in [-0.25, -0.2) is 8.42 Å². The van der Waals surface area contributed by atoms with Gasteiger partial charge in [-0.3, -0.25) is 0 Å². The molecule has 17 heavy (non-hydrogen) atoms. The van der Waals surface area contributed by atoms with Gasteiger partial charge in [0.2, 0.25) is 0 Å². The predicted molar refractivity (Wildman–Crippen MR) is 67.8 cm³/mol. The molecule has 3 atom stereocenters. The van der Waals surface area contributed by atoms with Crippen LogP contribution in [-0.4, -0.2) is 44.7 Å². The molecule has 3 unspecified atom stereocenters. The first-order valence-corrected chi connectivity index (χ1v) is 8.36. The third-order valence-electron chi connectivity index (χ3n) is 3.76. The maximum Gasteiger partial charge on any atom is 0.151 e. The van der Waals surface area contributed by atoms with Gasteiger partial charge in [0.1, 0.15) is 0 Å². The van der Waals surface area contributed by atoms with E-state index < -0.39 is 9.84 Å². The number of hydrogen-bond donors (Lipinski definition) is 1. The highest BCUT2D eigenvalue weighted by Crippen LogP contribution is 2.22. The maximum atomic E-state index is 11.4. The molecule has 0 aromatic heterocycles. The third-order valence-corrected chi connectivity index (χ3v) is 5.53. The minimum absolute atomic E-state index is 0.163. The van der Waals surface area contributed by atoms with Crippen LogP contribution in [0.3, 0.4) is 0 Å². The van der Waals surface area contributed by atoms with Crippen LogP contribution in [0.2, 0.25) is 0 Å². The summed E-state index contributed by atoms with van der Waals surface area (Å²) in [6, 6.07) is 0.588. The average molecular weight is 261 g/mol. The lowest BCUT2D eigenvalue weighted by molar-refractivity contribution is -0.0255. The first-order chi connectivity index (χ1) is 7.96. The summed E-state index contributed by atoms with van der Waals surface area (Å²) in [4.78, 5) is 0. The number of sulfone groups is 1. The molecule has 0 aromatic rings. The summed E-state index contributed by atoms with van der Waals surface area (Å²) in [5.74, 6) is 1.20. The van der Waals surface area contributed by atoms with Crippen LogP contribution in [0.15, 0.2) is 0 Å². The zero-order valence-electron chi connectivity index (χ0n) is 10.7. The van der Waals surface area contributed by atoms with Crippen molar-refractivity contribution in [2.24, 2.45) is 5.92 Å². The molecule has 0 radical (unpaired) electrons. The monoisotopic (exact) mass is 261 g/mol. The van der Waals surface area contributed by atoms with E-state index in [2.05, 4.69) is 19.2 Å². The van der Waals surface area contributed by atoms with E-state index >= 15 is 0 Å². The van der Waals surface area contributed by atoms with Gasteiger partial charge in [-0.2, -0.15) is 0 Å². The average Bonchev–Trinajstić information content (AvgIpc) is 2.58. The normalized spacial score (nSPS) is 37.5. The smallest absolute Gasteiger partial charge is 0.151 e. The van der Waals surface area contributed by atoms with Crippen LogP contribution in [-0.2, 0) is 14.6 Å². The van der Waals surface area contributed by atoms with Gasteiger partial charge in [0.05, 0.1) is 17.6 Å². The van der Waals surface area contributed by atoms with Gasteiger partial charge in [0, 0.05) is 18.7 Å². The molecule has 2 saturated heterocycles. The molecule has 4 nitrogen and oxygen atoms in total. The van der Waals surface area contributed by atoms with Crippen molar-refractivity contribution in [3.05, 3.63) is 0 Å². The quantitative estimate of drug-likeness (QED) is 0.822. The summed E-state index contributed by atoms with van der Waals surface area (Å²) in [5, 5.41) is 3.50. The molecule has 5 heteroatoms. The van der Waals surface area contributed by atoms with E-state index in [0.717, 1.165) is 25.9 Å². The SMILES string of the molecule is CC(C)C1CC(NC2CCS(=O)(=O)C2)CCO1. The van der Waals surface area contributed by atoms with Gasteiger partial charge in [-0.05, 0) is 25.2 Å². The van der Waals surface area contributed by atoms with Crippen molar-refractivity contribution in [1.29, 1.82) is 0 Å². The van der Waals surface area contributed by atoms with E-state index in [1.165, 1.54) is 0 Å². The van der Waals surface area contributed by atoms with Gasteiger partial charge >= 0.3 is 0 Å². The minimum atomic E-state index is -2.77. The van der Waals surface area contributed by atoms with E-state index in [0.29, 0.717) is 29.6 Å². The predicted octanol–water partition coefficient (Wildman–Crippen LogP) is 0.967. The number of hydrogen-bond acceptors (Lipinski definition) is 4. The van der Waals surface area contributed by atoms with Crippen LogP contribution in [0.1, 0.15) is 33.1 Å². The Balaban J connectivity index is 1.83. The van der Waals surface area contributed by atoms with Crippen molar-refractivity contribution in [3.8, 4) is 0 Å². The van der Waals surface area contributed by atoms with Gasteiger partial charge in [0.25, 0.3) is 0 Å². The second-order valence-electron chi connectivity index (χ2n) is 5.64. The lowest BCUT2D eigenvalue weighted by Gasteiger charge is -2.33. The molecule has 2 heterocycles. The fourth-order valence-corrected chi connectivity index (χ4v) is 4.39. The van der Waals surface area contributed by atoms with Crippen molar-refractivity contribution in [3.63, 3.8) is 0 Å². The molecule has 2 aliphatic rings.